The maximum atomic E-state index is 12.8. The van der Waals surface area contributed by atoms with Crippen molar-refractivity contribution in [3.05, 3.63) is 0 Å². The van der Waals surface area contributed by atoms with Crippen molar-refractivity contribution in [2.45, 2.75) is 57.4 Å². The Hall–Kier alpha value is -0.570. The molecule has 0 radical (unpaired) electrons. The molecule has 3 nitrogen and oxygen atoms in total. The smallest absolute Gasteiger partial charge is 0.226 e. The van der Waals surface area contributed by atoms with Gasteiger partial charge in [-0.15, -0.1) is 0 Å². The van der Waals surface area contributed by atoms with E-state index in [1.807, 2.05) is 0 Å². The molecule has 3 rings (SSSR count). The lowest BCUT2D eigenvalue weighted by atomic mass is 9.87. The van der Waals surface area contributed by atoms with Crippen LogP contribution in [0.3, 0.4) is 0 Å². The molecule has 0 aromatic rings. The SMILES string of the molecule is NCCN(C(=O)C1CC2CCC1C2)C1CCCC1. The van der Waals surface area contributed by atoms with Crippen LogP contribution >= 0.6 is 0 Å². The van der Waals surface area contributed by atoms with Gasteiger partial charge in [0.2, 0.25) is 5.91 Å². The van der Waals surface area contributed by atoms with Crippen molar-refractivity contribution in [3.63, 3.8) is 0 Å². The average Bonchev–Trinajstić information content (AvgIpc) is 3.10. The van der Waals surface area contributed by atoms with E-state index in [9.17, 15) is 4.79 Å². The molecule has 18 heavy (non-hydrogen) atoms. The predicted octanol–water partition coefficient (Wildman–Crippen LogP) is 2.15. The van der Waals surface area contributed by atoms with Gasteiger partial charge in [-0.05, 0) is 43.9 Å². The van der Waals surface area contributed by atoms with Gasteiger partial charge in [-0.25, -0.2) is 0 Å². The zero-order chi connectivity index (χ0) is 12.5. The van der Waals surface area contributed by atoms with E-state index in [-0.39, 0.29) is 0 Å². The van der Waals surface area contributed by atoms with E-state index < -0.39 is 0 Å². The monoisotopic (exact) mass is 250 g/mol. The van der Waals surface area contributed by atoms with E-state index in [4.69, 9.17) is 5.73 Å². The Kier molecular flexibility index (Phi) is 3.60. The second-order valence-electron chi connectivity index (χ2n) is 6.54. The summed E-state index contributed by atoms with van der Waals surface area (Å²) in [5.74, 6) is 2.34. The molecule has 3 atom stereocenters. The molecule has 3 fully saturated rings. The van der Waals surface area contributed by atoms with Crippen LogP contribution in [0, 0.1) is 17.8 Å². The van der Waals surface area contributed by atoms with Crippen LogP contribution in [0.4, 0.5) is 0 Å². The summed E-state index contributed by atoms with van der Waals surface area (Å²) in [6.07, 6.45) is 10.1. The van der Waals surface area contributed by atoms with Crippen LogP contribution in [0.2, 0.25) is 0 Å². The first kappa shape index (κ1) is 12.5. The van der Waals surface area contributed by atoms with Crippen molar-refractivity contribution in [2.75, 3.05) is 13.1 Å². The number of hydrogen-bond donors (Lipinski definition) is 1. The van der Waals surface area contributed by atoms with Gasteiger partial charge in [0.25, 0.3) is 0 Å². The minimum atomic E-state index is 0.343. The van der Waals surface area contributed by atoms with Crippen molar-refractivity contribution in [1.29, 1.82) is 0 Å². The second kappa shape index (κ2) is 5.20. The predicted molar refractivity (Wildman–Crippen MR) is 72.0 cm³/mol. The number of rotatable bonds is 4. The zero-order valence-corrected chi connectivity index (χ0v) is 11.3. The molecular weight excluding hydrogens is 224 g/mol. The van der Waals surface area contributed by atoms with Crippen molar-refractivity contribution in [1.82, 2.24) is 4.90 Å². The van der Waals surface area contributed by atoms with Crippen LogP contribution in [0.15, 0.2) is 0 Å². The first-order chi connectivity index (χ1) is 8.79. The minimum Gasteiger partial charge on any atom is -0.338 e. The molecule has 2 N–H and O–H groups in total. The minimum absolute atomic E-state index is 0.343. The molecule has 0 aromatic carbocycles. The van der Waals surface area contributed by atoms with E-state index in [1.165, 1.54) is 44.9 Å². The maximum absolute atomic E-state index is 12.8. The number of nitrogens with two attached hydrogens (primary N) is 1. The zero-order valence-electron chi connectivity index (χ0n) is 11.3. The number of amides is 1. The molecule has 0 aromatic heterocycles. The Labute approximate surface area is 110 Å². The molecule has 2 bridgehead atoms. The van der Waals surface area contributed by atoms with E-state index in [1.54, 1.807) is 0 Å². The van der Waals surface area contributed by atoms with E-state index >= 15 is 0 Å². The van der Waals surface area contributed by atoms with Crippen molar-refractivity contribution >= 4 is 5.91 Å². The standard InChI is InChI=1S/C15H26N2O/c16-7-8-17(13-3-1-2-4-13)15(18)14-10-11-5-6-12(14)9-11/h11-14H,1-10,16H2. The van der Waals surface area contributed by atoms with Crippen LogP contribution in [0.5, 0.6) is 0 Å². The molecule has 3 aliphatic carbocycles. The lowest BCUT2D eigenvalue weighted by Crippen LogP contribution is -2.46. The Morgan fingerprint density at radius 2 is 1.89 bits per heavy atom. The second-order valence-corrected chi connectivity index (χ2v) is 6.54. The van der Waals surface area contributed by atoms with E-state index in [0.29, 0.717) is 30.3 Å². The first-order valence-corrected chi connectivity index (χ1v) is 7.80. The average molecular weight is 250 g/mol. The number of carbonyl (C=O) groups is 1. The summed E-state index contributed by atoms with van der Waals surface area (Å²) in [6.45, 7) is 1.39. The highest BCUT2D eigenvalue weighted by atomic mass is 16.2. The topological polar surface area (TPSA) is 46.3 Å². The Morgan fingerprint density at radius 3 is 2.44 bits per heavy atom. The quantitative estimate of drug-likeness (QED) is 0.831. The van der Waals surface area contributed by atoms with E-state index in [0.717, 1.165) is 18.9 Å². The Morgan fingerprint density at radius 1 is 1.11 bits per heavy atom. The highest BCUT2D eigenvalue weighted by Gasteiger charge is 2.45. The van der Waals surface area contributed by atoms with Crippen LogP contribution < -0.4 is 5.73 Å². The van der Waals surface area contributed by atoms with E-state index in [2.05, 4.69) is 4.90 Å². The molecular formula is C15H26N2O. The van der Waals surface area contributed by atoms with Gasteiger partial charge in [0, 0.05) is 25.0 Å². The normalized spacial score (nSPS) is 35.3. The summed E-state index contributed by atoms with van der Waals surface area (Å²) in [5.41, 5.74) is 5.72. The van der Waals surface area contributed by atoms with Crippen LogP contribution in [0.1, 0.15) is 51.4 Å². The number of hydrogen-bond acceptors (Lipinski definition) is 2. The maximum Gasteiger partial charge on any atom is 0.226 e. The summed E-state index contributed by atoms with van der Waals surface area (Å²) in [6, 6.07) is 0.500. The first-order valence-electron chi connectivity index (χ1n) is 7.80. The summed E-state index contributed by atoms with van der Waals surface area (Å²) < 4.78 is 0. The lowest BCUT2D eigenvalue weighted by Gasteiger charge is -2.33. The lowest BCUT2D eigenvalue weighted by molar-refractivity contribution is -0.139. The molecule has 0 heterocycles. The summed E-state index contributed by atoms with van der Waals surface area (Å²) >= 11 is 0. The summed E-state index contributed by atoms with van der Waals surface area (Å²) in [7, 11) is 0. The largest absolute Gasteiger partial charge is 0.338 e. The van der Waals surface area contributed by atoms with Crippen molar-refractivity contribution in [3.8, 4) is 0 Å². The molecule has 3 saturated carbocycles. The number of fused-ring (bicyclic) bond motifs is 2. The molecule has 0 spiro atoms. The van der Waals surface area contributed by atoms with Gasteiger partial charge in [-0.3, -0.25) is 4.79 Å². The molecule has 102 valence electrons. The van der Waals surface area contributed by atoms with Gasteiger partial charge in [0.1, 0.15) is 0 Å². The third-order valence-electron chi connectivity index (χ3n) is 5.47. The molecule has 3 heteroatoms. The van der Waals surface area contributed by atoms with Gasteiger partial charge >= 0.3 is 0 Å². The fraction of sp³-hybridized carbons (Fsp3) is 0.933. The van der Waals surface area contributed by atoms with Crippen LogP contribution in [-0.2, 0) is 4.79 Å². The highest BCUT2D eigenvalue weighted by molar-refractivity contribution is 5.80. The third-order valence-corrected chi connectivity index (χ3v) is 5.47. The van der Waals surface area contributed by atoms with Gasteiger partial charge in [-0.1, -0.05) is 19.3 Å². The number of carbonyl (C=O) groups excluding carboxylic acids is 1. The summed E-state index contributed by atoms with van der Waals surface area (Å²) in [4.78, 5) is 14.9. The summed E-state index contributed by atoms with van der Waals surface area (Å²) in [5, 5.41) is 0. The van der Waals surface area contributed by atoms with Crippen molar-refractivity contribution < 1.29 is 4.79 Å². The van der Waals surface area contributed by atoms with Gasteiger partial charge in [-0.2, -0.15) is 0 Å². The van der Waals surface area contributed by atoms with Crippen molar-refractivity contribution in [2.24, 2.45) is 23.5 Å². The fourth-order valence-corrected chi connectivity index (χ4v) is 4.59. The molecule has 0 saturated heterocycles. The molecule has 1 amide bonds. The van der Waals surface area contributed by atoms with Crippen LogP contribution in [0.25, 0.3) is 0 Å². The van der Waals surface area contributed by atoms with Gasteiger partial charge in [0.05, 0.1) is 0 Å². The Balaban J connectivity index is 1.67. The molecule has 3 aliphatic rings. The van der Waals surface area contributed by atoms with Gasteiger partial charge < -0.3 is 10.6 Å². The Bertz CT molecular complexity index is 312. The molecule has 3 unspecified atom stereocenters. The highest BCUT2D eigenvalue weighted by Crippen LogP contribution is 2.49. The third kappa shape index (κ3) is 2.18. The van der Waals surface area contributed by atoms with Gasteiger partial charge in [0.15, 0.2) is 0 Å². The fourth-order valence-electron chi connectivity index (χ4n) is 4.59. The molecule has 0 aliphatic heterocycles. The van der Waals surface area contributed by atoms with Crippen LogP contribution in [-0.4, -0.2) is 29.9 Å². The number of nitrogens with zero attached hydrogens (tertiary/aromatic N) is 1.